The maximum Gasteiger partial charge on any atom is 0.490 e. The van der Waals surface area contributed by atoms with Crippen LogP contribution in [0.4, 0.5) is 13.2 Å². The number of hydrogen-bond donors (Lipinski definition) is 4. The Morgan fingerprint density at radius 3 is 2.54 bits per heavy atom. The van der Waals surface area contributed by atoms with Crippen LogP contribution in [0.2, 0.25) is 0 Å². The third kappa shape index (κ3) is 8.45. The number of carboxylic acids is 1. The quantitative estimate of drug-likeness (QED) is 0.164. The van der Waals surface area contributed by atoms with Gasteiger partial charge in [0.1, 0.15) is 5.82 Å². The topological polar surface area (TPSA) is 190 Å². The number of H-pyrrole nitrogens is 1. The van der Waals surface area contributed by atoms with Crippen LogP contribution < -0.4 is 10.6 Å². The molecule has 5 aromatic rings. The van der Waals surface area contributed by atoms with E-state index in [-0.39, 0.29) is 42.3 Å². The summed E-state index contributed by atoms with van der Waals surface area (Å²) in [5, 5.41) is 25.0. The van der Waals surface area contributed by atoms with Crippen LogP contribution in [0.25, 0.3) is 33.3 Å². The van der Waals surface area contributed by atoms with Crippen molar-refractivity contribution in [1.82, 2.24) is 40.5 Å². The number of aromatic amines is 1. The summed E-state index contributed by atoms with van der Waals surface area (Å²) < 4.78 is 44.9. The lowest BCUT2D eigenvalue weighted by molar-refractivity contribution is -0.192. The van der Waals surface area contributed by atoms with Crippen molar-refractivity contribution in [2.75, 3.05) is 13.7 Å². The molecule has 0 spiro atoms. The molecule has 50 heavy (non-hydrogen) atoms. The molecule has 1 aliphatic heterocycles. The molecular weight excluding hydrogens is 661 g/mol. The summed E-state index contributed by atoms with van der Waals surface area (Å²) in [6, 6.07) is 11.1. The van der Waals surface area contributed by atoms with Crippen molar-refractivity contribution in [3.05, 3.63) is 59.9 Å². The lowest BCUT2D eigenvalue weighted by atomic mass is 9.84. The summed E-state index contributed by atoms with van der Waals surface area (Å²) >= 11 is 0. The second-order valence-corrected chi connectivity index (χ2v) is 12.9. The van der Waals surface area contributed by atoms with Crippen molar-refractivity contribution in [1.29, 1.82) is 0 Å². The number of halogens is 3. The number of alkyl halides is 3. The van der Waals surface area contributed by atoms with Gasteiger partial charge in [-0.1, -0.05) is 38.1 Å². The van der Waals surface area contributed by atoms with E-state index >= 15 is 0 Å². The number of aliphatic carboxylic acids is 1. The molecule has 14 nitrogen and oxygen atoms in total. The van der Waals surface area contributed by atoms with E-state index in [1.54, 1.807) is 19.3 Å². The predicted molar refractivity (Wildman–Crippen MR) is 174 cm³/mol. The number of rotatable bonds is 9. The lowest BCUT2D eigenvalue weighted by Crippen LogP contribution is -2.32. The molecule has 0 bridgehead atoms. The maximum atomic E-state index is 13.5. The predicted octanol–water partition coefficient (Wildman–Crippen LogP) is 4.97. The first-order valence-corrected chi connectivity index (χ1v) is 15.8. The summed E-state index contributed by atoms with van der Waals surface area (Å²) in [7, 11) is 1.60. The Hall–Kier alpha value is -5.32. The van der Waals surface area contributed by atoms with Gasteiger partial charge < -0.3 is 29.6 Å². The van der Waals surface area contributed by atoms with Gasteiger partial charge in [0.05, 0.1) is 35.4 Å². The number of fused-ring (bicyclic) bond motifs is 2. The molecule has 17 heteroatoms. The Labute approximate surface area is 283 Å². The number of carbonyl (C=O) groups is 3. The van der Waals surface area contributed by atoms with E-state index in [9.17, 15) is 22.8 Å². The minimum absolute atomic E-state index is 0.115. The molecule has 2 atom stereocenters. The molecule has 266 valence electrons. The van der Waals surface area contributed by atoms with Gasteiger partial charge in [-0.2, -0.15) is 23.3 Å². The Balaban J connectivity index is 0.000000630. The molecule has 0 saturated carbocycles. The summed E-state index contributed by atoms with van der Waals surface area (Å²) in [4.78, 5) is 44.4. The number of aromatic nitrogens is 6. The van der Waals surface area contributed by atoms with Crippen molar-refractivity contribution in [3.8, 4) is 11.4 Å². The second-order valence-electron chi connectivity index (χ2n) is 12.9. The fourth-order valence-corrected chi connectivity index (χ4v) is 5.63. The first-order valence-electron chi connectivity index (χ1n) is 15.8. The van der Waals surface area contributed by atoms with Crippen LogP contribution in [0.1, 0.15) is 68.1 Å². The van der Waals surface area contributed by atoms with Gasteiger partial charge in [-0.25, -0.2) is 9.78 Å². The normalized spacial score (nSPS) is 15.5. The number of ether oxygens (including phenoxy) is 1. The largest absolute Gasteiger partial charge is 0.490 e. The standard InChI is InChI=1S/C31H36N8O4.C2HF3O2/c1-31(2,3)25(15-27(40)33-17-28-36-26(38-43-28)14-21-6-5-11-42-21)39-24-13-19(30(41)32-4)9-10-22(24)35-29(39)18-7-8-20-16-34-37-23(20)12-18;3-2(4,5)1(6)7/h7-10,12-13,16,21,25H,5-6,11,14-15,17H2,1-4H3,(H,32,41)(H,33,40)(H,34,37);(H,6,7)/t21?,25-;/m0./s1. The number of nitrogens with one attached hydrogen (secondary N) is 3. The monoisotopic (exact) mass is 698 g/mol. The summed E-state index contributed by atoms with van der Waals surface area (Å²) in [6.45, 7) is 7.17. The minimum Gasteiger partial charge on any atom is -0.475 e. The van der Waals surface area contributed by atoms with Gasteiger partial charge in [0, 0.05) is 49.1 Å². The number of benzene rings is 2. The summed E-state index contributed by atoms with van der Waals surface area (Å²) in [6.07, 6.45) is -0.406. The molecule has 1 unspecified atom stereocenters. The van der Waals surface area contributed by atoms with Crippen molar-refractivity contribution >= 4 is 39.7 Å². The van der Waals surface area contributed by atoms with E-state index < -0.39 is 12.1 Å². The van der Waals surface area contributed by atoms with Gasteiger partial charge in [-0.15, -0.1) is 0 Å². The molecule has 4 N–H and O–H groups in total. The Morgan fingerprint density at radius 2 is 1.88 bits per heavy atom. The zero-order valence-corrected chi connectivity index (χ0v) is 27.8. The maximum absolute atomic E-state index is 13.5. The van der Waals surface area contributed by atoms with E-state index in [0.717, 1.165) is 46.9 Å². The number of carbonyl (C=O) groups excluding carboxylic acids is 2. The van der Waals surface area contributed by atoms with Crippen molar-refractivity contribution in [2.45, 2.75) is 71.3 Å². The van der Waals surface area contributed by atoms with Crippen LogP contribution in [-0.2, 0) is 27.3 Å². The number of hydrogen-bond acceptors (Lipinski definition) is 9. The Bertz CT molecular complexity index is 1990. The lowest BCUT2D eigenvalue weighted by Gasteiger charge is -2.33. The van der Waals surface area contributed by atoms with Gasteiger partial charge in [0.15, 0.2) is 5.82 Å². The van der Waals surface area contributed by atoms with Crippen LogP contribution in [-0.4, -0.2) is 78.7 Å². The first kappa shape index (κ1) is 36.0. The summed E-state index contributed by atoms with van der Waals surface area (Å²) in [5.74, 6) is -1.49. The van der Waals surface area contributed by atoms with Crippen molar-refractivity contribution < 1.29 is 41.9 Å². The van der Waals surface area contributed by atoms with Gasteiger partial charge in [0.25, 0.3) is 5.91 Å². The molecular formula is C33H37F3N8O6. The Kier molecular flexibility index (Phi) is 10.5. The van der Waals surface area contributed by atoms with Gasteiger partial charge in [-0.05, 0) is 42.5 Å². The molecule has 0 aliphatic carbocycles. The SMILES string of the molecule is CNC(=O)c1ccc2nc(-c3ccc4cn[nH]c4c3)n([C@@H](CC(=O)NCc3nc(CC4CCCO4)no3)C(C)(C)C)c2c1.O=C(O)C(F)(F)F. The fourth-order valence-electron chi connectivity index (χ4n) is 5.63. The zero-order valence-electron chi connectivity index (χ0n) is 27.8. The van der Waals surface area contributed by atoms with Crippen LogP contribution in [0.3, 0.4) is 0 Å². The minimum atomic E-state index is -5.08. The highest BCUT2D eigenvalue weighted by Gasteiger charge is 2.38. The molecule has 2 aromatic carbocycles. The number of nitrogens with zero attached hydrogens (tertiary/aromatic N) is 5. The summed E-state index contributed by atoms with van der Waals surface area (Å²) in [5.41, 5.74) is 3.40. The molecule has 1 saturated heterocycles. The molecule has 1 aliphatic rings. The van der Waals surface area contributed by atoms with Crippen molar-refractivity contribution in [2.24, 2.45) is 5.41 Å². The average molecular weight is 699 g/mol. The average Bonchev–Trinajstić information content (AvgIpc) is 3.88. The molecule has 2 amide bonds. The van der Waals surface area contributed by atoms with Gasteiger partial charge >= 0.3 is 12.1 Å². The second kappa shape index (κ2) is 14.7. The molecule has 0 radical (unpaired) electrons. The first-order chi connectivity index (χ1) is 23.6. The highest BCUT2D eigenvalue weighted by molar-refractivity contribution is 5.98. The molecule has 6 rings (SSSR count). The number of imidazole rings is 1. The highest BCUT2D eigenvalue weighted by Crippen LogP contribution is 2.40. The molecule has 1 fully saturated rings. The zero-order chi connectivity index (χ0) is 36.2. The van der Waals surface area contributed by atoms with Crippen LogP contribution in [0, 0.1) is 5.41 Å². The number of amides is 2. The van der Waals surface area contributed by atoms with Crippen LogP contribution >= 0.6 is 0 Å². The smallest absolute Gasteiger partial charge is 0.475 e. The van der Waals surface area contributed by atoms with Crippen LogP contribution in [0.5, 0.6) is 0 Å². The van der Waals surface area contributed by atoms with Gasteiger partial charge in [0.2, 0.25) is 11.8 Å². The number of carboxylic acid groups (broad SMARTS) is 1. The van der Waals surface area contributed by atoms with Crippen LogP contribution in [0.15, 0.2) is 47.1 Å². The van der Waals surface area contributed by atoms with Gasteiger partial charge in [-0.3, -0.25) is 14.7 Å². The van der Waals surface area contributed by atoms with E-state index in [1.807, 2.05) is 30.3 Å². The third-order valence-corrected chi connectivity index (χ3v) is 8.19. The fraction of sp³-hybridized carbons (Fsp3) is 0.424. The Morgan fingerprint density at radius 1 is 1.12 bits per heavy atom. The third-order valence-electron chi connectivity index (χ3n) is 8.19. The highest BCUT2D eigenvalue weighted by atomic mass is 19.4. The van der Waals surface area contributed by atoms with E-state index in [2.05, 4.69) is 56.3 Å². The van der Waals surface area contributed by atoms with E-state index in [1.165, 1.54) is 0 Å². The molecule has 4 heterocycles. The van der Waals surface area contributed by atoms with E-state index in [4.69, 9.17) is 24.1 Å². The van der Waals surface area contributed by atoms with Crippen molar-refractivity contribution in [3.63, 3.8) is 0 Å². The molecule has 3 aromatic heterocycles. The van der Waals surface area contributed by atoms with E-state index in [0.29, 0.717) is 29.5 Å².